The van der Waals surface area contributed by atoms with Crippen molar-refractivity contribution < 1.29 is 18.7 Å². The van der Waals surface area contributed by atoms with Crippen molar-refractivity contribution in [1.82, 2.24) is 10.4 Å². The minimum atomic E-state index is -0.273. The van der Waals surface area contributed by atoms with Crippen molar-refractivity contribution in [2.45, 2.75) is 11.8 Å². The van der Waals surface area contributed by atoms with Crippen molar-refractivity contribution in [3.05, 3.63) is 82.9 Å². The van der Waals surface area contributed by atoms with Crippen LogP contribution in [0.1, 0.15) is 11.1 Å². The minimum absolute atomic E-state index is 0.127. The van der Waals surface area contributed by atoms with Crippen LogP contribution >= 0.6 is 23.4 Å². The summed E-state index contributed by atoms with van der Waals surface area (Å²) in [6.07, 6.45) is 1.53. The van der Waals surface area contributed by atoms with Crippen LogP contribution in [0.5, 0.6) is 11.5 Å². The van der Waals surface area contributed by atoms with Crippen molar-refractivity contribution in [3.63, 3.8) is 0 Å². The quantitative estimate of drug-likeness (QED) is 0.198. The number of hydrogen-bond donors (Lipinski definition) is 1. The molecule has 33 heavy (non-hydrogen) atoms. The zero-order valence-corrected chi connectivity index (χ0v) is 19.2. The molecule has 0 aliphatic rings. The number of para-hydroxylation sites is 2. The van der Waals surface area contributed by atoms with Crippen LogP contribution in [-0.4, -0.2) is 30.0 Å². The second kappa shape index (κ2) is 10.9. The molecular weight excluding hydrogens is 462 g/mol. The van der Waals surface area contributed by atoms with E-state index in [2.05, 4.69) is 15.5 Å². The van der Waals surface area contributed by atoms with Gasteiger partial charge in [0, 0.05) is 10.6 Å². The number of amides is 1. The van der Waals surface area contributed by atoms with Gasteiger partial charge in [0.25, 0.3) is 11.1 Å². The highest BCUT2D eigenvalue weighted by molar-refractivity contribution is 7.99. The second-order valence-corrected chi connectivity index (χ2v) is 8.15. The molecule has 4 rings (SSSR count). The van der Waals surface area contributed by atoms with Gasteiger partial charge in [0.1, 0.15) is 12.1 Å². The molecule has 0 saturated heterocycles. The number of rotatable bonds is 9. The lowest BCUT2D eigenvalue weighted by atomic mass is 10.2. The smallest absolute Gasteiger partial charge is 0.257 e. The summed E-state index contributed by atoms with van der Waals surface area (Å²) in [4.78, 5) is 16.4. The molecule has 168 valence electrons. The van der Waals surface area contributed by atoms with Crippen LogP contribution in [0.25, 0.3) is 11.1 Å². The van der Waals surface area contributed by atoms with E-state index < -0.39 is 0 Å². The van der Waals surface area contributed by atoms with E-state index in [1.807, 2.05) is 54.6 Å². The first-order valence-electron chi connectivity index (χ1n) is 9.97. The average Bonchev–Trinajstić information content (AvgIpc) is 3.26. The fraction of sp³-hybridized carbons (Fsp3) is 0.125. The average molecular weight is 482 g/mol. The van der Waals surface area contributed by atoms with E-state index in [1.54, 1.807) is 19.2 Å². The van der Waals surface area contributed by atoms with Crippen LogP contribution in [-0.2, 0) is 11.4 Å². The maximum Gasteiger partial charge on any atom is 0.257 e. The fourth-order valence-corrected chi connectivity index (χ4v) is 3.73. The van der Waals surface area contributed by atoms with E-state index in [4.69, 9.17) is 25.5 Å². The summed E-state index contributed by atoms with van der Waals surface area (Å²) < 4.78 is 16.8. The molecule has 0 aliphatic heterocycles. The van der Waals surface area contributed by atoms with E-state index in [1.165, 1.54) is 18.0 Å². The van der Waals surface area contributed by atoms with E-state index in [0.29, 0.717) is 33.9 Å². The highest BCUT2D eigenvalue weighted by Crippen LogP contribution is 2.29. The molecule has 4 aromatic rings. The number of aromatic nitrogens is 1. The van der Waals surface area contributed by atoms with Crippen molar-refractivity contribution in [2.75, 3.05) is 12.9 Å². The number of ether oxygens (including phenoxy) is 2. The molecule has 0 aliphatic carbocycles. The van der Waals surface area contributed by atoms with Gasteiger partial charge in [-0.3, -0.25) is 4.79 Å². The standard InChI is InChI=1S/C24H20ClN3O4S/c1-30-22-12-16(10-11-21(22)31-14-17-6-2-3-7-18(17)25)13-26-28-23(29)15-33-24-27-19-8-4-5-9-20(19)32-24/h2-13H,14-15H2,1H3,(H,28,29)/b26-13+. The molecule has 0 saturated carbocycles. The van der Waals surface area contributed by atoms with E-state index in [0.717, 1.165) is 16.6 Å². The number of hydrazone groups is 1. The third-order valence-corrected chi connectivity index (χ3v) is 5.73. The van der Waals surface area contributed by atoms with Gasteiger partial charge >= 0.3 is 0 Å². The predicted octanol–water partition coefficient (Wildman–Crippen LogP) is 5.31. The maximum atomic E-state index is 12.1. The number of hydrogen-bond acceptors (Lipinski definition) is 7. The normalized spacial score (nSPS) is 11.1. The summed E-state index contributed by atoms with van der Waals surface area (Å²) in [7, 11) is 1.56. The van der Waals surface area contributed by atoms with Gasteiger partial charge in [-0.15, -0.1) is 0 Å². The maximum absolute atomic E-state index is 12.1. The number of oxazole rings is 1. The first-order chi connectivity index (χ1) is 16.1. The lowest BCUT2D eigenvalue weighted by molar-refractivity contribution is -0.118. The number of carbonyl (C=O) groups excluding carboxylic acids is 1. The van der Waals surface area contributed by atoms with Gasteiger partial charge in [-0.25, -0.2) is 10.4 Å². The van der Waals surface area contributed by atoms with Crippen LogP contribution in [0, 0.1) is 0 Å². The van der Waals surface area contributed by atoms with Gasteiger partial charge in [0.2, 0.25) is 0 Å². The Morgan fingerprint density at radius 1 is 1.15 bits per heavy atom. The molecule has 0 radical (unpaired) electrons. The molecule has 1 N–H and O–H groups in total. The Labute approximate surface area is 199 Å². The number of nitrogens with zero attached hydrogens (tertiary/aromatic N) is 2. The molecule has 0 bridgehead atoms. The van der Waals surface area contributed by atoms with Crippen LogP contribution in [0.15, 0.2) is 81.5 Å². The third-order valence-electron chi connectivity index (χ3n) is 4.53. The Morgan fingerprint density at radius 2 is 1.97 bits per heavy atom. The summed E-state index contributed by atoms with van der Waals surface area (Å²) in [6, 6.07) is 20.3. The van der Waals surface area contributed by atoms with Crippen molar-refractivity contribution in [1.29, 1.82) is 0 Å². The predicted molar refractivity (Wildman–Crippen MR) is 129 cm³/mol. The zero-order valence-electron chi connectivity index (χ0n) is 17.7. The molecule has 0 fully saturated rings. The summed E-state index contributed by atoms with van der Waals surface area (Å²) in [5.74, 6) is 0.977. The lowest BCUT2D eigenvalue weighted by Gasteiger charge is -2.12. The Morgan fingerprint density at radius 3 is 2.79 bits per heavy atom. The first-order valence-corrected chi connectivity index (χ1v) is 11.3. The van der Waals surface area contributed by atoms with E-state index in [9.17, 15) is 4.79 Å². The lowest BCUT2D eigenvalue weighted by Crippen LogP contribution is -2.19. The van der Waals surface area contributed by atoms with Crippen LogP contribution in [0.3, 0.4) is 0 Å². The number of fused-ring (bicyclic) bond motifs is 1. The summed E-state index contributed by atoms with van der Waals surface area (Å²) >= 11 is 7.38. The van der Waals surface area contributed by atoms with Crippen molar-refractivity contribution >= 4 is 46.6 Å². The Balaban J connectivity index is 1.30. The van der Waals surface area contributed by atoms with Gasteiger partial charge in [-0.05, 0) is 42.0 Å². The van der Waals surface area contributed by atoms with Crippen LogP contribution in [0.4, 0.5) is 0 Å². The number of carbonyl (C=O) groups is 1. The second-order valence-electron chi connectivity index (χ2n) is 6.82. The molecule has 1 amide bonds. The molecule has 1 aromatic heterocycles. The van der Waals surface area contributed by atoms with E-state index >= 15 is 0 Å². The molecule has 9 heteroatoms. The first kappa shape index (κ1) is 22.7. The Bertz CT molecular complexity index is 1260. The zero-order chi connectivity index (χ0) is 23.0. The molecular formula is C24H20ClN3O4S. The Kier molecular flexibility index (Phi) is 7.49. The van der Waals surface area contributed by atoms with E-state index in [-0.39, 0.29) is 11.7 Å². The van der Waals surface area contributed by atoms with Crippen LogP contribution < -0.4 is 14.9 Å². The summed E-state index contributed by atoms with van der Waals surface area (Å²) in [5, 5.41) is 5.09. The highest BCUT2D eigenvalue weighted by atomic mass is 35.5. The molecule has 0 unspecified atom stereocenters. The van der Waals surface area contributed by atoms with Gasteiger partial charge < -0.3 is 13.9 Å². The van der Waals surface area contributed by atoms with Crippen molar-refractivity contribution in [2.24, 2.45) is 5.10 Å². The third kappa shape index (κ3) is 6.06. The fourth-order valence-electron chi connectivity index (χ4n) is 2.91. The molecule has 7 nitrogen and oxygen atoms in total. The Hall–Kier alpha value is -3.49. The number of benzene rings is 3. The SMILES string of the molecule is COc1cc(/C=N/NC(=O)CSc2nc3ccccc3o2)ccc1OCc1ccccc1Cl. The van der Waals surface area contributed by atoms with Gasteiger partial charge in [-0.2, -0.15) is 5.10 Å². The molecule has 0 spiro atoms. The molecule has 0 atom stereocenters. The number of thioether (sulfide) groups is 1. The topological polar surface area (TPSA) is 86.0 Å². The van der Waals surface area contributed by atoms with Gasteiger partial charge in [0.05, 0.1) is 19.1 Å². The van der Waals surface area contributed by atoms with Crippen LogP contribution in [0.2, 0.25) is 5.02 Å². The van der Waals surface area contributed by atoms with Gasteiger partial charge in [0.15, 0.2) is 17.1 Å². The number of halogens is 1. The molecule has 1 heterocycles. The highest BCUT2D eigenvalue weighted by Gasteiger charge is 2.09. The largest absolute Gasteiger partial charge is 0.493 e. The monoisotopic (exact) mass is 481 g/mol. The van der Waals surface area contributed by atoms with Crippen molar-refractivity contribution in [3.8, 4) is 11.5 Å². The molecule has 3 aromatic carbocycles. The van der Waals surface area contributed by atoms with Gasteiger partial charge in [-0.1, -0.05) is 53.7 Å². The minimum Gasteiger partial charge on any atom is -0.493 e. The summed E-state index contributed by atoms with van der Waals surface area (Å²) in [6.45, 7) is 0.317. The number of methoxy groups -OCH3 is 1. The number of nitrogens with one attached hydrogen (secondary N) is 1. The summed E-state index contributed by atoms with van der Waals surface area (Å²) in [5.41, 5.74) is 5.56.